The molecule has 5 heteroatoms. The van der Waals surface area contributed by atoms with Crippen LogP contribution < -0.4 is 9.47 Å². The molecule has 3 heterocycles. The van der Waals surface area contributed by atoms with Crippen LogP contribution in [0.2, 0.25) is 0 Å². The summed E-state index contributed by atoms with van der Waals surface area (Å²) in [6.45, 7) is 3.99. The predicted molar refractivity (Wildman–Crippen MR) is 88.5 cm³/mol. The van der Waals surface area contributed by atoms with Crippen LogP contribution in [0.1, 0.15) is 47.0 Å². The normalized spacial score (nSPS) is 20.0. The number of likely N-dealkylation sites (tertiary alicyclic amines) is 1. The standard InChI is InChI=1S/C19H21NO4/c1-13-7-11-24-18(13)19(21)20-8-2-4-15(20)14-5-6-16-17(12-14)23-10-3-9-22-16/h5-7,11-12,15H,2-4,8-10H2,1H3/t15-/m0/s1. The minimum absolute atomic E-state index is 0.0351. The van der Waals surface area contributed by atoms with Gasteiger partial charge in [0.05, 0.1) is 25.5 Å². The van der Waals surface area contributed by atoms with Gasteiger partial charge in [-0.3, -0.25) is 4.79 Å². The van der Waals surface area contributed by atoms with E-state index in [0.717, 1.165) is 48.4 Å². The number of carbonyl (C=O) groups excluding carboxylic acids is 1. The smallest absolute Gasteiger partial charge is 0.290 e. The van der Waals surface area contributed by atoms with Gasteiger partial charge in [0.15, 0.2) is 17.3 Å². The maximum atomic E-state index is 12.8. The van der Waals surface area contributed by atoms with E-state index < -0.39 is 0 Å². The number of rotatable bonds is 2. The van der Waals surface area contributed by atoms with E-state index in [2.05, 4.69) is 0 Å². The van der Waals surface area contributed by atoms with E-state index in [1.807, 2.05) is 36.1 Å². The highest BCUT2D eigenvalue weighted by molar-refractivity contribution is 5.93. The average molecular weight is 327 g/mol. The molecule has 0 unspecified atom stereocenters. The molecule has 1 amide bonds. The zero-order valence-corrected chi connectivity index (χ0v) is 13.8. The Morgan fingerprint density at radius 1 is 1.12 bits per heavy atom. The molecular formula is C19H21NO4. The topological polar surface area (TPSA) is 51.9 Å². The first-order chi connectivity index (χ1) is 11.7. The van der Waals surface area contributed by atoms with Crippen molar-refractivity contribution >= 4 is 5.91 Å². The van der Waals surface area contributed by atoms with Gasteiger partial charge < -0.3 is 18.8 Å². The molecule has 5 nitrogen and oxygen atoms in total. The van der Waals surface area contributed by atoms with Gasteiger partial charge in [0, 0.05) is 18.5 Å². The second kappa shape index (κ2) is 6.23. The SMILES string of the molecule is Cc1ccoc1C(=O)N1CCC[C@H]1c1ccc2c(c1)OCCCO2. The number of hydrogen-bond donors (Lipinski definition) is 0. The molecule has 0 spiro atoms. The highest BCUT2D eigenvalue weighted by Gasteiger charge is 2.33. The lowest BCUT2D eigenvalue weighted by Crippen LogP contribution is -2.30. The lowest BCUT2D eigenvalue weighted by atomic mass is 10.0. The van der Waals surface area contributed by atoms with Gasteiger partial charge in [0.2, 0.25) is 0 Å². The van der Waals surface area contributed by atoms with Gasteiger partial charge in [-0.25, -0.2) is 0 Å². The van der Waals surface area contributed by atoms with E-state index in [-0.39, 0.29) is 11.9 Å². The molecule has 2 aromatic rings. The van der Waals surface area contributed by atoms with E-state index >= 15 is 0 Å². The average Bonchev–Trinajstić information content (AvgIpc) is 3.18. The number of fused-ring (bicyclic) bond motifs is 1. The molecule has 2 aliphatic rings. The van der Waals surface area contributed by atoms with Gasteiger partial charge in [0.1, 0.15) is 0 Å². The van der Waals surface area contributed by atoms with Gasteiger partial charge in [-0.15, -0.1) is 0 Å². The third-order valence-corrected chi connectivity index (χ3v) is 4.73. The first-order valence-electron chi connectivity index (χ1n) is 8.48. The van der Waals surface area contributed by atoms with Crippen molar-refractivity contribution in [3.8, 4) is 11.5 Å². The molecule has 2 aliphatic heterocycles. The Morgan fingerprint density at radius 2 is 1.96 bits per heavy atom. The van der Waals surface area contributed by atoms with E-state index in [1.54, 1.807) is 6.26 Å². The minimum Gasteiger partial charge on any atom is -0.490 e. The Labute approximate surface area is 141 Å². The number of carbonyl (C=O) groups is 1. The molecule has 0 N–H and O–H groups in total. The Balaban J connectivity index is 1.62. The molecule has 126 valence electrons. The van der Waals surface area contributed by atoms with Crippen molar-refractivity contribution in [3.05, 3.63) is 47.4 Å². The summed E-state index contributed by atoms with van der Waals surface area (Å²) in [5.74, 6) is 1.97. The van der Waals surface area contributed by atoms with Crippen LogP contribution >= 0.6 is 0 Å². The molecule has 0 saturated carbocycles. The summed E-state index contributed by atoms with van der Waals surface area (Å²) in [6, 6.07) is 7.89. The highest BCUT2D eigenvalue weighted by atomic mass is 16.5. The van der Waals surface area contributed by atoms with E-state index in [1.165, 1.54) is 0 Å². The van der Waals surface area contributed by atoms with Crippen molar-refractivity contribution in [2.75, 3.05) is 19.8 Å². The fraction of sp³-hybridized carbons (Fsp3) is 0.421. The Bertz CT molecular complexity index is 752. The lowest BCUT2D eigenvalue weighted by molar-refractivity contribution is 0.0702. The van der Waals surface area contributed by atoms with Crippen LogP contribution in [0.25, 0.3) is 0 Å². The summed E-state index contributed by atoms with van der Waals surface area (Å²) in [5.41, 5.74) is 1.97. The van der Waals surface area contributed by atoms with Crippen molar-refractivity contribution in [3.63, 3.8) is 0 Å². The zero-order valence-electron chi connectivity index (χ0n) is 13.8. The van der Waals surface area contributed by atoms with Crippen molar-refractivity contribution in [2.24, 2.45) is 0 Å². The highest BCUT2D eigenvalue weighted by Crippen LogP contribution is 2.38. The molecule has 0 bridgehead atoms. The van der Waals surface area contributed by atoms with Crippen LogP contribution in [-0.2, 0) is 0 Å². The van der Waals surface area contributed by atoms with Crippen molar-refractivity contribution in [1.82, 2.24) is 4.90 Å². The molecule has 24 heavy (non-hydrogen) atoms. The third kappa shape index (κ3) is 2.64. The van der Waals surface area contributed by atoms with Gasteiger partial charge in [0.25, 0.3) is 5.91 Å². The first-order valence-corrected chi connectivity index (χ1v) is 8.48. The first kappa shape index (κ1) is 15.1. The molecule has 4 rings (SSSR count). The summed E-state index contributed by atoms with van der Waals surface area (Å²) in [7, 11) is 0. The zero-order chi connectivity index (χ0) is 16.5. The number of nitrogens with zero attached hydrogens (tertiary/aromatic N) is 1. The molecule has 1 aromatic heterocycles. The van der Waals surface area contributed by atoms with Crippen LogP contribution in [0, 0.1) is 6.92 Å². The second-order valence-electron chi connectivity index (χ2n) is 6.35. The van der Waals surface area contributed by atoms with E-state index in [9.17, 15) is 4.79 Å². The fourth-order valence-electron chi connectivity index (χ4n) is 3.47. The molecule has 0 radical (unpaired) electrons. The Kier molecular flexibility index (Phi) is 3.92. The number of aryl methyl sites for hydroxylation is 1. The minimum atomic E-state index is -0.0351. The lowest BCUT2D eigenvalue weighted by Gasteiger charge is -2.25. The van der Waals surface area contributed by atoms with Gasteiger partial charge in [-0.2, -0.15) is 0 Å². The number of ether oxygens (including phenoxy) is 2. The van der Waals surface area contributed by atoms with Crippen LogP contribution in [0.5, 0.6) is 11.5 Å². The Morgan fingerprint density at radius 3 is 2.75 bits per heavy atom. The second-order valence-corrected chi connectivity index (χ2v) is 6.35. The largest absolute Gasteiger partial charge is 0.490 e. The molecule has 1 saturated heterocycles. The summed E-state index contributed by atoms with van der Waals surface area (Å²) in [5, 5.41) is 0. The van der Waals surface area contributed by atoms with Crippen LogP contribution in [0.3, 0.4) is 0 Å². The van der Waals surface area contributed by atoms with E-state index in [0.29, 0.717) is 19.0 Å². The van der Waals surface area contributed by atoms with Crippen molar-refractivity contribution in [1.29, 1.82) is 0 Å². The van der Waals surface area contributed by atoms with Crippen molar-refractivity contribution < 1.29 is 18.7 Å². The van der Waals surface area contributed by atoms with Gasteiger partial charge >= 0.3 is 0 Å². The number of benzene rings is 1. The van der Waals surface area contributed by atoms with Crippen molar-refractivity contribution in [2.45, 2.75) is 32.2 Å². The third-order valence-electron chi connectivity index (χ3n) is 4.73. The monoisotopic (exact) mass is 327 g/mol. The van der Waals surface area contributed by atoms with Crippen LogP contribution in [0.15, 0.2) is 34.9 Å². The molecule has 1 aromatic carbocycles. The molecule has 1 atom stereocenters. The predicted octanol–water partition coefficient (Wildman–Crippen LogP) is 3.73. The van der Waals surface area contributed by atoms with Gasteiger partial charge in [-0.05, 0) is 43.5 Å². The van der Waals surface area contributed by atoms with E-state index in [4.69, 9.17) is 13.9 Å². The Hall–Kier alpha value is -2.43. The summed E-state index contributed by atoms with van der Waals surface area (Å²) >= 11 is 0. The number of furan rings is 1. The fourth-order valence-corrected chi connectivity index (χ4v) is 3.47. The molecular weight excluding hydrogens is 306 g/mol. The van der Waals surface area contributed by atoms with Gasteiger partial charge in [-0.1, -0.05) is 6.07 Å². The molecule has 0 aliphatic carbocycles. The molecule has 1 fully saturated rings. The number of hydrogen-bond acceptors (Lipinski definition) is 4. The number of amides is 1. The quantitative estimate of drug-likeness (QED) is 0.843. The summed E-state index contributed by atoms with van der Waals surface area (Å²) in [4.78, 5) is 14.7. The maximum Gasteiger partial charge on any atom is 0.290 e. The summed E-state index contributed by atoms with van der Waals surface area (Å²) in [6.07, 6.45) is 4.40. The maximum absolute atomic E-state index is 12.8. The summed E-state index contributed by atoms with van der Waals surface area (Å²) < 4.78 is 16.9. The van der Waals surface area contributed by atoms with Crippen LogP contribution in [0.4, 0.5) is 0 Å². The van der Waals surface area contributed by atoms with Crippen LogP contribution in [-0.4, -0.2) is 30.6 Å².